The second-order valence-corrected chi connectivity index (χ2v) is 8.98. The predicted molar refractivity (Wildman–Crippen MR) is 118 cm³/mol. The van der Waals surface area contributed by atoms with E-state index in [-0.39, 0.29) is 5.75 Å². The van der Waals surface area contributed by atoms with E-state index in [9.17, 15) is 5.11 Å². The molecule has 2 aromatic carbocycles. The zero-order valence-electron chi connectivity index (χ0n) is 16.5. The molecule has 2 heterocycles. The lowest BCUT2D eigenvalue weighted by Crippen LogP contribution is -2.33. The molecule has 1 aromatic heterocycles. The summed E-state index contributed by atoms with van der Waals surface area (Å²) in [5.41, 5.74) is 2.11. The van der Waals surface area contributed by atoms with Crippen molar-refractivity contribution in [3.63, 3.8) is 0 Å². The van der Waals surface area contributed by atoms with Gasteiger partial charge in [0.15, 0.2) is 5.13 Å². The quantitative estimate of drug-likeness (QED) is 0.392. The molecule has 0 amide bonds. The molecule has 1 radical (unpaired) electrons. The Balaban J connectivity index is 1.15. The van der Waals surface area contributed by atoms with E-state index in [2.05, 4.69) is 40.2 Å². The Kier molecular flexibility index (Phi) is 6.48. The van der Waals surface area contributed by atoms with Crippen LogP contribution < -0.4 is 4.90 Å². The summed E-state index contributed by atoms with van der Waals surface area (Å²) < 4.78 is 1.01. The molecule has 0 bridgehead atoms. The Hall–Kier alpha value is -2.07. The number of benzene rings is 2. The Morgan fingerprint density at radius 3 is 2.50 bits per heavy atom. The van der Waals surface area contributed by atoms with Crippen molar-refractivity contribution in [1.29, 1.82) is 0 Å². The fraction of sp³-hybridized carbons (Fsp3) is 0.458. The van der Waals surface area contributed by atoms with Gasteiger partial charge in [-0.05, 0) is 49.3 Å². The SMILES string of the molecule is [O]c1cccc2sc(N3CCC(CCCCCCc4ccccc4)CC3)nc12. The van der Waals surface area contributed by atoms with Gasteiger partial charge in [0.05, 0.1) is 4.70 Å². The average molecular weight is 394 g/mol. The lowest BCUT2D eigenvalue weighted by atomic mass is 9.91. The molecule has 0 atom stereocenters. The van der Waals surface area contributed by atoms with Crippen LogP contribution in [-0.2, 0) is 11.5 Å². The molecule has 4 rings (SSSR count). The molecule has 1 saturated heterocycles. The van der Waals surface area contributed by atoms with E-state index >= 15 is 0 Å². The van der Waals surface area contributed by atoms with Gasteiger partial charge in [0, 0.05) is 13.1 Å². The molecule has 28 heavy (non-hydrogen) atoms. The van der Waals surface area contributed by atoms with Gasteiger partial charge in [0.2, 0.25) is 5.75 Å². The van der Waals surface area contributed by atoms with Gasteiger partial charge in [-0.15, -0.1) is 0 Å². The maximum atomic E-state index is 11.9. The summed E-state index contributed by atoms with van der Waals surface area (Å²) in [6.07, 6.45) is 10.5. The van der Waals surface area contributed by atoms with E-state index < -0.39 is 0 Å². The number of rotatable bonds is 8. The topological polar surface area (TPSA) is 36.0 Å². The number of fused-ring (bicyclic) bond motifs is 1. The van der Waals surface area contributed by atoms with E-state index in [1.165, 1.54) is 56.9 Å². The third-order valence-corrected chi connectivity index (χ3v) is 7.01. The number of aromatic nitrogens is 1. The number of aryl methyl sites for hydroxylation is 1. The summed E-state index contributed by atoms with van der Waals surface area (Å²) in [4.78, 5) is 6.99. The number of thiazole rings is 1. The van der Waals surface area contributed by atoms with Gasteiger partial charge < -0.3 is 4.90 Å². The van der Waals surface area contributed by atoms with Crippen molar-refractivity contribution in [2.24, 2.45) is 5.92 Å². The summed E-state index contributed by atoms with van der Waals surface area (Å²) in [5, 5.41) is 13.0. The fourth-order valence-corrected chi connectivity index (χ4v) is 5.25. The van der Waals surface area contributed by atoms with Crippen LogP contribution in [0, 0.1) is 5.92 Å². The van der Waals surface area contributed by atoms with Crippen molar-refractivity contribution >= 4 is 26.7 Å². The van der Waals surface area contributed by atoms with Gasteiger partial charge >= 0.3 is 0 Å². The molecule has 1 aliphatic heterocycles. The zero-order chi connectivity index (χ0) is 19.2. The molecule has 147 valence electrons. The van der Waals surface area contributed by atoms with Gasteiger partial charge in [0.1, 0.15) is 5.52 Å². The van der Waals surface area contributed by atoms with Crippen LogP contribution >= 0.6 is 11.3 Å². The number of hydrogen-bond donors (Lipinski definition) is 0. The van der Waals surface area contributed by atoms with E-state index in [0.717, 1.165) is 28.8 Å². The van der Waals surface area contributed by atoms with Crippen molar-refractivity contribution in [3.05, 3.63) is 54.1 Å². The number of para-hydroxylation sites is 1. The molecule has 0 spiro atoms. The van der Waals surface area contributed by atoms with Gasteiger partial charge in [-0.1, -0.05) is 73.4 Å². The highest BCUT2D eigenvalue weighted by atomic mass is 32.1. The first-order valence-electron chi connectivity index (χ1n) is 10.6. The van der Waals surface area contributed by atoms with E-state index in [1.54, 1.807) is 17.4 Å². The smallest absolute Gasteiger partial charge is 0.205 e. The van der Waals surface area contributed by atoms with Crippen molar-refractivity contribution in [2.75, 3.05) is 18.0 Å². The molecule has 0 aliphatic carbocycles. The minimum Gasteiger partial charge on any atom is -0.348 e. The normalized spacial score (nSPS) is 15.4. The molecular weight excluding hydrogens is 364 g/mol. The van der Waals surface area contributed by atoms with Crippen molar-refractivity contribution in [3.8, 4) is 5.75 Å². The highest BCUT2D eigenvalue weighted by Crippen LogP contribution is 2.35. The van der Waals surface area contributed by atoms with Crippen LogP contribution in [0.2, 0.25) is 0 Å². The lowest BCUT2D eigenvalue weighted by Gasteiger charge is -2.31. The maximum Gasteiger partial charge on any atom is 0.205 e. The van der Waals surface area contributed by atoms with Crippen molar-refractivity contribution in [2.45, 2.75) is 51.4 Å². The first-order valence-corrected chi connectivity index (χ1v) is 11.5. The standard InChI is InChI=1S/C24H29N2OS/c27-21-13-8-14-22-23(21)25-24(28-22)26-17-15-20(16-18-26)12-5-2-1-4-9-19-10-6-3-7-11-19/h3,6-8,10-11,13-14,20H,1-2,4-5,9,12,15-18H2. The predicted octanol–water partition coefficient (Wildman–Crippen LogP) is 6.85. The fourth-order valence-electron chi connectivity index (χ4n) is 4.22. The third-order valence-electron chi connectivity index (χ3n) is 5.93. The molecule has 0 unspecified atom stereocenters. The van der Waals surface area contributed by atoms with E-state index in [1.807, 2.05) is 12.1 Å². The number of nitrogens with zero attached hydrogens (tertiary/aromatic N) is 2. The minimum absolute atomic E-state index is 0.0437. The first kappa shape index (κ1) is 19.3. The Morgan fingerprint density at radius 1 is 0.929 bits per heavy atom. The molecule has 0 saturated carbocycles. The van der Waals surface area contributed by atoms with Gasteiger partial charge in [-0.2, -0.15) is 0 Å². The molecule has 0 N–H and O–H groups in total. The molecule has 1 fully saturated rings. The van der Waals surface area contributed by atoms with E-state index in [0.29, 0.717) is 5.52 Å². The summed E-state index contributed by atoms with van der Waals surface area (Å²) in [5.74, 6) is 0.900. The van der Waals surface area contributed by atoms with Crippen LogP contribution in [0.3, 0.4) is 0 Å². The Labute approximate surface area is 172 Å². The summed E-state index contributed by atoms with van der Waals surface area (Å²) in [7, 11) is 0. The lowest BCUT2D eigenvalue weighted by molar-refractivity contribution is 0.359. The average Bonchev–Trinajstić information content (AvgIpc) is 3.18. The molecule has 1 aliphatic rings. The third kappa shape index (κ3) is 4.85. The molecule has 3 aromatic rings. The van der Waals surface area contributed by atoms with Crippen LogP contribution in [-0.4, -0.2) is 18.1 Å². The maximum absolute atomic E-state index is 11.9. The number of unbranched alkanes of at least 4 members (excludes halogenated alkanes) is 3. The summed E-state index contributed by atoms with van der Waals surface area (Å²) >= 11 is 1.66. The molecule has 3 nitrogen and oxygen atoms in total. The van der Waals surface area contributed by atoms with Gasteiger partial charge in [-0.3, -0.25) is 5.11 Å². The Bertz CT molecular complexity index is 869. The van der Waals surface area contributed by atoms with Crippen molar-refractivity contribution < 1.29 is 5.11 Å². The number of piperidine rings is 1. The monoisotopic (exact) mass is 393 g/mol. The highest BCUT2D eigenvalue weighted by Gasteiger charge is 2.22. The van der Waals surface area contributed by atoms with Crippen LogP contribution in [0.15, 0.2) is 48.5 Å². The van der Waals surface area contributed by atoms with Crippen LogP contribution in [0.1, 0.15) is 50.5 Å². The van der Waals surface area contributed by atoms with Crippen LogP contribution in [0.5, 0.6) is 5.75 Å². The second-order valence-electron chi connectivity index (χ2n) is 7.97. The highest BCUT2D eigenvalue weighted by molar-refractivity contribution is 7.22. The molecule has 4 heteroatoms. The molecular formula is C24H29N2OS. The van der Waals surface area contributed by atoms with Crippen molar-refractivity contribution in [1.82, 2.24) is 4.98 Å². The largest absolute Gasteiger partial charge is 0.348 e. The second kappa shape index (κ2) is 9.42. The van der Waals surface area contributed by atoms with E-state index in [4.69, 9.17) is 0 Å². The van der Waals surface area contributed by atoms with Crippen LogP contribution in [0.25, 0.3) is 10.2 Å². The number of anilines is 1. The first-order chi connectivity index (χ1) is 13.8. The zero-order valence-corrected chi connectivity index (χ0v) is 17.3. The number of hydrogen-bond acceptors (Lipinski definition) is 3. The van der Waals surface area contributed by atoms with Crippen LogP contribution in [0.4, 0.5) is 5.13 Å². The Morgan fingerprint density at radius 2 is 1.71 bits per heavy atom. The minimum atomic E-state index is 0.0437. The van der Waals surface area contributed by atoms with Gasteiger partial charge in [-0.25, -0.2) is 4.98 Å². The summed E-state index contributed by atoms with van der Waals surface area (Å²) in [6, 6.07) is 16.3. The van der Waals surface area contributed by atoms with Gasteiger partial charge in [0.25, 0.3) is 0 Å². The summed E-state index contributed by atoms with van der Waals surface area (Å²) in [6.45, 7) is 2.15.